The third kappa shape index (κ3) is 8.12. The van der Waals surface area contributed by atoms with Gasteiger partial charge in [-0.25, -0.2) is 9.78 Å². The van der Waals surface area contributed by atoms with Crippen LogP contribution in [0.2, 0.25) is 25.7 Å². The minimum Gasteiger partial charge on any atom is -0.465 e. The van der Waals surface area contributed by atoms with Crippen LogP contribution in [0.1, 0.15) is 32.2 Å². The van der Waals surface area contributed by atoms with Gasteiger partial charge < -0.3 is 34.3 Å². The van der Waals surface area contributed by atoms with E-state index in [0.717, 1.165) is 32.9 Å². The Morgan fingerprint density at radius 2 is 1.93 bits per heavy atom. The molecule has 4 heterocycles. The van der Waals surface area contributed by atoms with E-state index in [4.69, 9.17) is 24.4 Å². The largest absolute Gasteiger partial charge is 0.465 e. The zero-order valence-corrected chi connectivity index (χ0v) is 29.6. The summed E-state index contributed by atoms with van der Waals surface area (Å²) in [6, 6.07) is 7.18. The van der Waals surface area contributed by atoms with Crippen LogP contribution in [0.15, 0.2) is 28.9 Å². The molecule has 45 heavy (non-hydrogen) atoms. The van der Waals surface area contributed by atoms with Crippen LogP contribution in [0.25, 0.3) is 16.7 Å². The van der Waals surface area contributed by atoms with Crippen molar-refractivity contribution >= 4 is 58.7 Å². The van der Waals surface area contributed by atoms with Gasteiger partial charge >= 0.3 is 6.09 Å². The van der Waals surface area contributed by atoms with Crippen molar-refractivity contribution in [2.24, 2.45) is 0 Å². The number of nitrogens with zero attached hydrogens (tertiary/aromatic N) is 8. The maximum absolute atomic E-state index is 11.9. The van der Waals surface area contributed by atoms with Gasteiger partial charge in [-0.1, -0.05) is 25.7 Å². The number of anilines is 2. The van der Waals surface area contributed by atoms with Gasteiger partial charge in [-0.3, -0.25) is 0 Å². The second kappa shape index (κ2) is 13.6. The number of amides is 1. The van der Waals surface area contributed by atoms with E-state index < -0.39 is 19.7 Å². The van der Waals surface area contributed by atoms with Gasteiger partial charge in [0.15, 0.2) is 5.65 Å². The predicted molar refractivity (Wildman–Crippen MR) is 181 cm³/mol. The van der Waals surface area contributed by atoms with Crippen molar-refractivity contribution in [1.82, 2.24) is 34.0 Å². The average Bonchev–Trinajstić information content (AvgIpc) is 3.52. The van der Waals surface area contributed by atoms with Crippen molar-refractivity contribution in [2.75, 3.05) is 49.7 Å². The molecule has 0 unspecified atom stereocenters. The molecule has 2 N–H and O–H groups in total. The van der Waals surface area contributed by atoms with Crippen LogP contribution in [-0.4, -0.2) is 98.3 Å². The van der Waals surface area contributed by atoms with Gasteiger partial charge in [-0.05, 0) is 66.9 Å². The number of halogens is 1. The van der Waals surface area contributed by atoms with Crippen molar-refractivity contribution in [1.29, 1.82) is 0 Å². The Hall–Kier alpha value is -3.27. The van der Waals surface area contributed by atoms with Crippen molar-refractivity contribution in [3.05, 3.63) is 40.3 Å². The number of fused-ring (bicyclic) bond motifs is 2. The monoisotopic (exact) mass is 701 g/mol. The van der Waals surface area contributed by atoms with E-state index in [1.807, 2.05) is 32.9 Å². The maximum atomic E-state index is 11.9. The molecule has 0 radical (unpaired) electrons. The van der Waals surface area contributed by atoms with E-state index in [0.29, 0.717) is 76.7 Å². The molecule has 1 aliphatic heterocycles. The number of imidazole rings is 1. The van der Waals surface area contributed by atoms with Gasteiger partial charge in [0, 0.05) is 39.9 Å². The van der Waals surface area contributed by atoms with Crippen molar-refractivity contribution < 1.29 is 19.4 Å². The number of ether oxygens (including phenoxy) is 2. The summed E-state index contributed by atoms with van der Waals surface area (Å²) in [5.41, 5.74) is 3.01. The van der Waals surface area contributed by atoms with Gasteiger partial charge in [0.2, 0.25) is 11.9 Å². The Labute approximate surface area is 273 Å². The maximum Gasteiger partial charge on any atom is 0.407 e. The molecule has 1 fully saturated rings. The van der Waals surface area contributed by atoms with Crippen LogP contribution in [0.3, 0.4) is 0 Å². The first kappa shape index (κ1) is 33.1. The molecule has 0 bridgehead atoms. The number of morpholine rings is 1. The molecule has 1 aliphatic rings. The highest BCUT2D eigenvalue weighted by molar-refractivity contribution is 9.10. The third-order valence-corrected chi connectivity index (χ3v) is 10.0. The van der Waals surface area contributed by atoms with Crippen molar-refractivity contribution in [3.63, 3.8) is 0 Å². The quantitative estimate of drug-likeness (QED) is 0.148. The van der Waals surface area contributed by atoms with Crippen LogP contribution in [0.5, 0.6) is 0 Å². The number of nitrogens with one attached hydrogen (secondary N) is 1. The number of benzene rings is 1. The summed E-state index contributed by atoms with van der Waals surface area (Å²) in [7, 11) is -1.26. The smallest absolute Gasteiger partial charge is 0.407 e. The zero-order valence-electron chi connectivity index (χ0n) is 27.0. The first-order chi connectivity index (χ1) is 21.3. The highest BCUT2D eigenvalue weighted by Crippen LogP contribution is 2.24. The molecule has 5 rings (SSSR count). The predicted octanol–water partition coefficient (Wildman–Crippen LogP) is 5.32. The van der Waals surface area contributed by atoms with Gasteiger partial charge in [0.25, 0.3) is 0 Å². The number of hydrogen-bond acceptors (Lipinski definition) is 9. The fourth-order valence-electron chi connectivity index (χ4n) is 5.16. The van der Waals surface area contributed by atoms with Crippen molar-refractivity contribution in [3.8, 4) is 0 Å². The lowest BCUT2D eigenvalue weighted by atomic mass is 10.0. The Morgan fingerprint density at radius 3 is 2.62 bits per heavy atom. The van der Waals surface area contributed by atoms with E-state index in [1.54, 1.807) is 10.7 Å². The highest BCUT2D eigenvalue weighted by Gasteiger charge is 2.26. The molecule has 0 aliphatic carbocycles. The lowest BCUT2D eigenvalue weighted by Crippen LogP contribution is -2.45. The molecule has 1 saturated heterocycles. The standard InChI is InChI=1S/C30H44BrN9O4Si/c1-30(2,3)39(29(41)42)10-9-21-7-8-23-24(17-21)38(20-44-15-16-45(4,5)6)25(34-23)19-32-27-36-28(37-11-13-43-14-12-37)35-26-22(31)18-33-40(26)27/h7-8,17-18H,9-16,19-20H2,1-6H3,(H,41,42)(H,32,35,36). The lowest BCUT2D eigenvalue weighted by Gasteiger charge is -2.33. The third-order valence-electron chi connectivity index (χ3n) is 7.78. The minimum absolute atomic E-state index is 0.357. The second-order valence-electron chi connectivity index (χ2n) is 13.5. The number of rotatable bonds is 12. The summed E-state index contributed by atoms with van der Waals surface area (Å²) in [4.78, 5) is 30.1. The highest BCUT2D eigenvalue weighted by atomic mass is 79.9. The lowest BCUT2D eigenvalue weighted by molar-refractivity contribution is 0.0880. The molecule has 3 aromatic heterocycles. The first-order valence-electron chi connectivity index (χ1n) is 15.3. The van der Waals surface area contributed by atoms with Crippen LogP contribution in [0, 0.1) is 0 Å². The molecule has 1 aromatic carbocycles. The summed E-state index contributed by atoms with van der Waals surface area (Å²) in [5.74, 6) is 1.97. The Balaban J connectivity index is 1.43. The molecule has 4 aromatic rings. The molecule has 0 spiro atoms. The fourth-order valence-corrected chi connectivity index (χ4v) is 6.27. The average molecular weight is 703 g/mol. The molecular formula is C30H44BrN9O4Si. The number of carboxylic acid groups (broad SMARTS) is 1. The zero-order chi connectivity index (χ0) is 32.4. The minimum atomic E-state index is -1.26. The molecular weight excluding hydrogens is 658 g/mol. The van der Waals surface area contributed by atoms with Gasteiger partial charge in [0.05, 0.1) is 41.5 Å². The summed E-state index contributed by atoms with van der Waals surface area (Å²) < 4.78 is 16.3. The fraction of sp³-hybridized carbons (Fsp3) is 0.567. The number of aromatic nitrogens is 6. The van der Waals surface area contributed by atoms with E-state index in [1.165, 1.54) is 4.90 Å². The van der Waals surface area contributed by atoms with E-state index >= 15 is 0 Å². The van der Waals surface area contributed by atoms with Gasteiger partial charge in [-0.2, -0.15) is 19.6 Å². The van der Waals surface area contributed by atoms with Gasteiger partial charge in [0.1, 0.15) is 12.6 Å². The Morgan fingerprint density at radius 1 is 1.18 bits per heavy atom. The number of hydrogen-bond donors (Lipinski definition) is 2. The van der Waals surface area contributed by atoms with E-state index in [-0.39, 0.29) is 0 Å². The van der Waals surface area contributed by atoms with Crippen LogP contribution in [0.4, 0.5) is 16.7 Å². The summed E-state index contributed by atoms with van der Waals surface area (Å²) >= 11 is 3.58. The SMILES string of the molecule is CC(C)(C)N(CCc1ccc2nc(CNc3nc(N4CCOCC4)nc4c(Br)cnn34)n(COCC[Si](C)(C)C)c2c1)C(=O)O. The van der Waals surface area contributed by atoms with Crippen molar-refractivity contribution in [2.45, 2.75) is 71.7 Å². The number of carbonyl (C=O) groups is 1. The first-order valence-corrected chi connectivity index (χ1v) is 19.8. The molecule has 0 saturated carbocycles. The van der Waals surface area contributed by atoms with E-state index in [9.17, 15) is 9.90 Å². The normalized spacial score (nSPS) is 14.4. The Kier molecular flexibility index (Phi) is 10.0. The molecule has 13 nitrogen and oxygen atoms in total. The summed E-state index contributed by atoms with van der Waals surface area (Å²) in [5, 5.41) is 17.7. The Bertz CT molecular complexity index is 1640. The molecule has 244 valence electrons. The van der Waals surface area contributed by atoms with Gasteiger partial charge in [-0.15, -0.1) is 0 Å². The molecule has 0 atom stereocenters. The van der Waals surface area contributed by atoms with Crippen LogP contribution >= 0.6 is 15.9 Å². The second-order valence-corrected chi connectivity index (χ2v) is 20.0. The molecule has 15 heteroatoms. The van der Waals surface area contributed by atoms with E-state index in [2.05, 4.69) is 61.5 Å². The molecule has 1 amide bonds. The van der Waals surface area contributed by atoms with Crippen LogP contribution in [-0.2, 0) is 29.2 Å². The summed E-state index contributed by atoms with van der Waals surface area (Å²) in [6.45, 7) is 17.2. The topological polar surface area (TPSA) is 135 Å². The van der Waals surface area contributed by atoms with Crippen LogP contribution < -0.4 is 10.2 Å². The summed E-state index contributed by atoms with van der Waals surface area (Å²) in [6.07, 6.45) is 1.39.